The number of pyridine rings is 1. The zero-order valence-corrected chi connectivity index (χ0v) is 21.4. The number of hydrogen-bond acceptors (Lipinski definition) is 4. The van der Waals surface area contributed by atoms with E-state index in [1.807, 2.05) is 29.2 Å². The summed E-state index contributed by atoms with van der Waals surface area (Å²) in [5.74, 6) is 1.06. The fraction of sp³-hybridized carbons (Fsp3) is 0.419. The van der Waals surface area contributed by atoms with Crippen LogP contribution < -0.4 is 4.90 Å². The van der Waals surface area contributed by atoms with Gasteiger partial charge in [0.1, 0.15) is 5.75 Å². The summed E-state index contributed by atoms with van der Waals surface area (Å²) in [5.41, 5.74) is 3.53. The minimum atomic E-state index is -0.288. The van der Waals surface area contributed by atoms with Gasteiger partial charge >= 0.3 is 0 Å². The summed E-state index contributed by atoms with van der Waals surface area (Å²) in [6, 6.07) is 11.3. The van der Waals surface area contributed by atoms with E-state index in [-0.39, 0.29) is 28.3 Å². The molecule has 1 N–H and O–H groups in total. The first-order valence-electron chi connectivity index (χ1n) is 13.3. The van der Waals surface area contributed by atoms with Crippen molar-refractivity contribution in [3.63, 3.8) is 0 Å². The number of fused-ring (bicyclic) bond motifs is 1. The lowest BCUT2D eigenvalue weighted by molar-refractivity contribution is -0.136. The summed E-state index contributed by atoms with van der Waals surface area (Å²) >= 11 is 0. The molecular formula is C31H32FN3O2. The van der Waals surface area contributed by atoms with E-state index in [0.29, 0.717) is 42.9 Å². The van der Waals surface area contributed by atoms with Crippen LogP contribution in [0.4, 0.5) is 10.2 Å². The molecule has 0 radical (unpaired) electrons. The minimum absolute atomic E-state index is 0.0125. The molecule has 6 heteroatoms. The molecule has 190 valence electrons. The molecule has 8 rings (SSSR count). The van der Waals surface area contributed by atoms with Crippen molar-refractivity contribution in [3.05, 3.63) is 66.1 Å². The predicted octanol–water partition coefficient (Wildman–Crippen LogP) is 5.66. The fourth-order valence-electron chi connectivity index (χ4n) is 7.59. The van der Waals surface area contributed by atoms with Crippen LogP contribution in [0.3, 0.4) is 0 Å². The van der Waals surface area contributed by atoms with E-state index < -0.39 is 0 Å². The van der Waals surface area contributed by atoms with E-state index in [1.54, 1.807) is 12.1 Å². The Balaban J connectivity index is 1.37. The van der Waals surface area contributed by atoms with Crippen LogP contribution in [-0.4, -0.2) is 47.1 Å². The number of nitrogens with zero attached hydrogens (tertiary/aromatic N) is 3. The highest BCUT2D eigenvalue weighted by atomic mass is 19.1. The van der Waals surface area contributed by atoms with Gasteiger partial charge in [0.05, 0.1) is 5.69 Å². The van der Waals surface area contributed by atoms with E-state index in [9.17, 15) is 9.90 Å². The Bertz CT molecular complexity index is 1490. The second-order valence-electron chi connectivity index (χ2n) is 12.3. The molecule has 1 saturated carbocycles. The standard InChI is InChI=1S/C31H32FN3O2/c1-4-25(37)35-16-31(17-35)9-10-34(15-31)29-27(32)26(22-14-20(36)11-18-7-5-6-8-21(18)22)23-12-19-13-24(28(23)33-29)30(19,2)3/h4-8,11,14,19,24,36H,1,9-10,12-13,15-17H2,2-3H3. The lowest BCUT2D eigenvalue weighted by Crippen LogP contribution is -2.59. The maximum atomic E-state index is 16.8. The summed E-state index contributed by atoms with van der Waals surface area (Å²) in [6.45, 7) is 11.0. The van der Waals surface area contributed by atoms with Gasteiger partial charge < -0.3 is 14.9 Å². The number of amides is 1. The second kappa shape index (κ2) is 7.56. The van der Waals surface area contributed by atoms with E-state index in [2.05, 4.69) is 25.3 Å². The molecular weight excluding hydrogens is 465 g/mol. The van der Waals surface area contributed by atoms with Crippen LogP contribution in [0.15, 0.2) is 49.1 Å². The molecule has 3 heterocycles. The first-order chi connectivity index (χ1) is 17.7. The smallest absolute Gasteiger partial charge is 0.245 e. The van der Waals surface area contributed by atoms with E-state index in [0.717, 1.165) is 53.4 Å². The Labute approximate surface area is 216 Å². The van der Waals surface area contributed by atoms with Crippen molar-refractivity contribution in [2.75, 3.05) is 31.1 Å². The van der Waals surface area contributed by atoms with Gasteiger partial charge in [0.15, 0.2) is 11.6 Å². The Morgan fingerprint density at radius 2 is 2.00 bits per heavy atom. The van der Waals surface area contributed by atoms with Gasteiger partial charge in [-0.2, -0.15) is 0 Å². The first-order valence-corrected chi connectivity index (χ1v) is 13.3. The third-order valence-electron chi connectivity index (χ3n) is 9.90. The number of carbonyl (C=O) groups excluding carboxylic acids is 1. The third kappa shape index (κ3) is 3.14. The van der Waals surface area contributed by atoms with Gasteiger partial charge in [-0.05, 0) is 70.7 Å². The molecule has 2 atom stereocenters. The van der Waals surface area contributed by atoms with Gasteiger partial charge in [-0.3, -0.25) is 4.79 Å². The number of halogens is 1. The number of carbonyl (C=O) groups is 1. The quantitative estimate of drug-likeness (QED) is 0.475. The first kappa shape index (κ1) is 22.8. The SMILES string of the molecule is C=CC(=O)N1CC2(CCN(c3nc4c(c(-c5cc(O)cc6ccccc56)c3F)CC3CC4C3(C)C)C2)C1. The highest BCUT2D eigenvalue weighted by molar-refractivity contribution is 5.99. The van der Waals surface area contributed by atoms with E-state index in [4.69, 9.17) is 4.98 Å². The van der Waals surface area contributed by atoms with E-state index >= 15 is 4.39 Å². The molecule has 3 fully saturated rings. The molecule has 1 spiro atoms. The van der Waals surface area contributed by atoms with Gasteiger partial charge in [-0.15, -0.1) is 0 Å². The lowest BCUT2D eigenvalue weighted by atomic mass is 9.48. The van der Waals surface area contributed by atoms with Crippen LogP contribution in [0.1, 0.15) is 43.9 Å². The zero-order chi connectivity index (χ0) is 25.7. The van der Waals surface area contributed by atoms with Crippen LogP contribution in [0.5, 0.6) is 5.75 Å². The normalized spacial score (nSPS) is 24.5. The summed E-state index contributed by atoms with van der Waals surface area (Å²) in [4.78, 5) is 21.0. The third-order valence-corrected chi connectivity index (χ3v) is 9.90. The highest BCUT2D eigenvalue weighted by Gasteiger charge is 2.55. The maximum absolute atomic E-state index is 16.8. The van der Waals surface area contributed by atoms with Crippen LogP contribution in [0.25, 0.3) is 21.9 Å². The number of hydrogen-bond donors (Lipinski definition) is 1. The Morgan fingerprint density at radius 3 is 2.76 bits per heavy atom. The van der Waals surface area contributed by atoms with Gasteiger partial charge in [0.25, 0.3) is 0 Å². The number of anilines is 1. The van der Waals surface area contributed by atoms with Crippen molar-refractivity contribution in [3.8, 4) is 16.9 Å². The monoisotopic (exact) mass is 497 g/mol. The molecule has 3 aliphatic carbocycles. The predicted molar refractivity (Wildman–Crippen MR) is 143 cm³/mol. The molecule has 2 saturated heterocycles. The topological polar surface area (TPSA) is 56.7 Å². The number of benzene rings is 2. The second-order valence-corrected chi connectivity index (χ2v) is 12.3. The summed E-state index contributed by atoms with van der Waals surface area (Å²) < 4.78 is 16.8. The summed E-state index contributed by atoms with van der Waals surface area (Å²) in [7, 11) is 0. The van der Waals surface area contributed by atoms with Gasteiger partial charge in [-0.25, -0.2) is 9.37 Å². The molecule has 2 aliphatic heterocycles. The van der Waals surface area contributed by atoms with Gasteiger partial charge in [-0.1, -0.05) is 44.7 Å². The van der Waals surface area contributed by atoms with Crippen molar-refractivity contribution in [2.45, 2.75) is 39.0 Å². The highest BCUT2D eigenvalue weighted by Crippen LogP contribution is 2.63. The van der Waals surface area contributed by atoms with Crippen molar-refractivity contribution in [1.29, 1.82) is 0 Å². The van der Waals surface area contributed by atoms with Crippen molar-refractivity contribution in [2.24, 2.45) is 16.7 Å². The van der Waals surface area contributed by atoms with Crippen LogP contribution in [-0.2, 0) is 11.2 Å². The van der Waals surface area contributed by atoms with Crippen LogP contribution in [0.2, 0.25) is 0 Å². The maximum Gasteiger partial charge on any atom is 0.245 e. The minimum Gasteiger partial charge on any atom is -0.508 e. The number of aromatic hydroxyl groups is 1. The number of phenolic OH excluding ortho intramolecular Hbond substituents is 1. The Kier molecular flexibility index (Phi) is 4.65. The average Bonchev–Trinajstić information content (AvgIpc) is 3.32. The number of aromatic nitrogens is 1. The van der Waals surface area contributed by atoms with Crippen molar-refractivity contribution >= 4 is 22.5 Å². The van der Waals surface area contributed by atoms with Crippen LogP contribution >= 0.6 is 0 Å². The molecule has 2 unspecified atom stereocenters. The average molecular weight is 498 g/mol. The molecule has 5 aliphatic rings. The number of rotatable bonds is 3. The Hall–Kier alpha value is -3.41. The van der Waals surface area contributed by atoms with Crippen molar-refractivity contribution < 1.29 is 14.3 Å². The molecule has 2 aromatic carbocycles. The molecule has 37 heavy (non-hydrogen) atoms. The summed E-state index contributed by atoms with van der Waals surface area (Å²) in [5, 5.41) is 12.4. The molecule has 1 amide bonds. The molecule has 2 bridgehead atoms. The van der Waals surface area contributed by atoms with Crippen LogP contribution in [0, 0.1) is 22.6 Å². The van der Waals surface area contributed by atoms with Crippen molar-refractivity contribution in [1.82, 2.24) is 9.88 Å². The zero-order valence-electron chi connectivity index (χ0n) is 21.4. The number of likely N-dealkylation sites (tertiary alicyclic amines) is 1. The fourth-order valence-corrected chi connectivity index (χ4v) is 7.59. The molecule has 3 aromatic rings. The summed E-state index contributed by atoms with van der Waals surface area (Å²) in [6.07, 6.45) is 4.18. The van der Waals surface area contributed by atoms with Gasteiger partial charge in [0.2, 0.25) is 5.91 Å². The van der Waals surface area contributed by atoms with E-state index in [1.165, 1.54) is 6.08 Å². The number of phenols is 1. The lowest BCUT2D eigenvalue weighted by Gasteiger charge is -2.57. The largest absolute Gasteiger partial charge is 0.508 e. The van der Waals surface area contributed by atoms with Gasteiger partial charge in [0, 0.05) is 43.1 Å². The molecule has 1 aromatic heterocycles. The Morgan fingerprint density at radius 1 is 1.22 bits per heavy atom. The molecule has 5 nitrogen and oxygen atoms in total.